The fraction of sp³-hybridized carbons (Fsp3) is 0.350. The Morgan fingerprint density at radius 2 is 1.45 bits per heavy atom. The number of rotatable bonds is 4. The molecule has 0 aromatic heterocycles. The van der Waals surface area contributed by atoms with Gasteiger partial charge in [-0.25, -0.2) is 0 Å². The number of halogens is 1. The number of benzene rings is 2. The fourth-order valence-electron chi connectivity index (χ4n) is 2.59. The smallest absolute Gasteiger partial charge is 0.0702 e. The molecule has 0 aliphatic heterocycles. The van der Waals surface area contributed by atoms with Crippen LogP contribution in [0.3, 0.4) is 0 Å². The van der Waals surface area contributed by atoms with E-state index in [1.54, 1.807) is 0 Å². The summed E-state index contributed by atoms with van der Waals surface area (Å²) in [7, 11) is 0. The lowest BCUT2D eigenvalue weighted by Gasteiger charge is -2.17. The second kappa shape index (κ2) is 7.23. The second-order valence-corrected chi connectivity index (χ2v) is 7.22. The van der Waals surface area contributed by atoms with E-state index in [9.17, 15) is 0 Å². The van der Waals surface area contributed by atoms with E-state index < -0.39 is 0 Å². The fourth-order valence-corrected chi connectivity index (χ4v) is 2.99. The van der Waals surface area contributed by atoms with Crippen LogP contribution >= 0.6 is 15.9 Å². The molecule has 0 N–H and O–H groups in total. The van der Waals surface area contributed by atoms with Crippen molar-refractivity contribution in [3.63, 3.8) is 0 Å². The van der Waals surface area contributed by atoms with Gasteiger partial charge in [0.05, 0.1) is 5.69 Å². The number of aliphatic imine (C=N–C) groups is 1. The van der Waals surface area contributed by atoms with Crippen molar-refractivity contribution in [3.05, 3.63) is 63.6 Å². The lowest BCUT2D eigenvalue weighted by Crippen LogP contribution is -1.99. The zero-order valence-corrected chi connectivity index (χ0v) is 15.6. The lowest BCUT2D eigenvalue weighted by atomic mass is 9.93. The molecule has 22 heavy (non-hydrogen) atoms. The Labute approximate surface area is 142 Å². The van der Waals surface area contributed by atoms with Crippen molar-refractivity contribution in [3.8, 4) is 0 Å². The standard InChI is InChI=1S/C20H24BrN/c1-13(2)18-10-7-11-19(14(3)4)20(18)22-15(5)16-8-6-9-17(21)12-16/h6-14H,1-5H3. The molecule has 2 heteroatoms. The minimum Gasteiger partial charge on any atom is -0.253 e. The van der Waals surface area contributed by atoms with E-state index >= 15 is 0 Å². The van der Waals surface area contributed by atoms with Crippen molar-refractivity contribution in [1.82, 2.24) is 0 Å². The number of para-hydroxylation sites is 1. The Morgan fingerprint density at radius 1 is 0.909 bits per heavy atom. The highest BCUT2D eigenvalue weighted by Crippen LogP contribution is 2.35. The van der Waals surface area contributed by atoms with E-state index in [-0.39, 0.29) is 0 Å². The summed E-state index contributed by atoms with van der Waals surface area (Å²) in [5, 5.41) is 0. The Balaban J connectivity index is 2.58. The molecule has 2 aromatic carbocycles. The number of hydrogen-bond acceptors (Lipinski definition) is 1. The summed E-state index contributed by atoms with van der Waals surface area (Å²) in [6.07, 6.45) is 0. The molecule has 0 atom stereocenters. The molecular formula is C20H24BrN. The van der Waals surface area contributed by atoms with Gasteiger partial charge in [0.25, 0.3) is 0 Å². The zero-order chi connectivity index (χ0) is 16.3. The molecule has 0 fully saturated rings. The van der Waals surface area contributed by atoms with Gasteiger partial charge >= 0.3 is 0 Å². The maximum Gasteiger partial charge on any atom is 0.0702 e. The highest BCUT2D eigenvalue weighted by molar-refractivity contribution is 9.10. The van der Waals surface area contributed by atoms with Crippen molar-refractivity contribution in [1.29, 1.82) is 0 Å². The van der Waals surface area contributed by atoms with E-state index in [0.29, 0.717) is 11.8 Å². The predicted molar refractivity (Wildman–Crippen MR) is 101 cm³/mol. The van der Waals surface area contributed by atoms with Gasteiger partial charge in [0.15, 0.2) is 0 Å². The molecule has 2 aromatic rings. The predicted octanol–water partition coefficient (Wildman–Crippen LogP) is 6.84. The third-order valence-electron chi connectivity index (χ3n) is 3.86. The Hall–Kier alpha value is -1.41. The molecule has 0 saturated carbocycles. The summed E-state index contributed by atoms with van der Waals surface area (Å²) >= 11 is 3.54. The quantitative estimate of drug-likeness (QED) is 0.531. The van der Waals surface area contributed by atoms with Crippen LogP contribution in [0.5, 0.6) is 0 Å². The van der Waals surface area contributed by atoms with Crippen LogP contribution in [0.2, 0.25) is 0 Å². The first-order valence-corrected chi connectivity index (χ1v) is 8.63. The maximum atomic E-state index is 5.01. The van der Waals surface area contributed by atoms with Gasteiger partial charge in [-0.05, 0) is 47.6 Å². The molecule has 0 radical (unpaired) electrons. The zero-order valence-electron chi connectivity index (χ0n) is 14.0. The van der Waals surface area contributed by atoms with Crippen LogP contribution in [0.4, 0.5) is 5.69 Å². The van der Waals surface area contributed by atoms with Gasteiger partial charge in [0, 0.05) is 10.2 Å². The monoisotopic (exact) mass is 357 g/mol. The molecule has 0 heterocycles. The first-order chi connectivity index (χ1) is 10.4. The van der Waals surface area contributed by atoms with Gasteiger partial charge < -0.3 is 0 Å². The van der Waals surface area contributed by atoms with Crippen molar-refractivity contribution in [2.45, 2.75) is 46.5 Å². The number of nitrogens with zero attached hydrogens (tertiary/aromatic N) is 1. The van der Waals surface area contributed by atoms with Gasteiger partial charge in [-0.2, -0.15) is 0 Å². The number of hydrogen-bond donors (Lipinski definition) is 0. The van der Waals surface area contributed by atoms with Crippen LogP contribution in [-0.2, 0) is 0 Å². The molecule has 0 aliphatic carbocycles. The van der Waals surface area contributed by atoms with Gasteiger partial charge in [0.2, 0.25) is 0 Å². The molecule has 0 bridgehead atoms. The van der Waals surface area contributed by atoms with Crippen molar-refractivity contribution < 1.29 is 0 Å². The SMILES string of the molecule is CC(=Nc1c(C(C)C)cccc1C(C)C)c1cccc(Br)c1. The highest BCUT2D eigenvalue weighted by atomic mass is 79.9. The second-order valence-electron chi connectivity index (χ2n) is 6.30. The summed E-state index contributed by atoms with van der Waals surface area (Å²) < 4.78 is 1.08. The summed E-state index contributed by atoms with van der Waals surface area (Å²) in [5.41, 5.74) is 5.99. The Kier molecular flexibility index (Phi) is 5.57. The first kappa shape index (κ1) is 17.0. The average Bonchev–Trinajstić information content (AvgIpc) is 2.46. The summed E-state index contributed by atoms with van der Waals surface area (Å²) in [4.78, 5) is 5.01. The highest BCUT2D eigenvalue weighted by Gasteiger charge is 2.13. The van der Waals surface area contributed by atoms with Crippen molar-refractivity contribution in [2.75, 3.05) is 0 Å². The largest absolute Gasteiger partial charge is 0.253 e. The first-order valence-electron chi connectivity index (χ1n) is 7.84. The molecule has 0 spiro atoms. The van der Waals surface area contributed by atoms with E-state index in [2.05, 4.69) is 86.9 Å². The van der Waals surface area contributed by atoms with Gasteiger partial charge in [-0.3, -0.25) is 4.99 Å². The Morgan fingerprint density at radius 3 is 1.95 bits per heavy atom. The molecule has 1 nitrogen and oxygen atoms in total. The van der Waals surface area contributed by atoms with E-state index in [4.69, 9.17) is 4.99 Å². The Bertz CT molecular complexity index is 658. The topological polar surface area (TPSA) is 12.4 Å². The molecular weight excluding hydrogens is 334 g/mol. The third-order valence-corrected chi connectivity index (χ3v) is 4.36. The van der Waals surface area contributed by atoms with Crippen LogP contribution in [0.15, 0.2) is 51.9 Å². The van der Waals surface area contributed by atoms with E-state index in [1.165, 1.54) is 11.1 Å². The summed E-state index contributed by atoms with van der Waals surface area (Å²) in [6.45, 7) is 11.0. The molecule has 116 valence electrons. The van der Waals surface area contributed by atoms with Gasteiger partial charge in [-0.15, -0.1) is 0 Å². The van der Waals surface area contributed by atoms with Gasteiger partial charge in [0.1, 0.15) is 0 Å². The molecule has 0 saturated heterocycles. The van der Waals surface area contributed by atoms with Crippen molar-refractivity contribution >= 4 is 27.3 Å². The van der Waals surface area contributed by atoms with Crippen LogP contribution in [0.25, 0.3) is 0 Å². The van der Waals surface area contributed by atoms with E-state index in [1.807, 2.05) is 6.07 Å². The van der Waals surface area contributed by atoms with Gasteiger partial charge in [-0.1, -0.05) is 74.0 Å². The van der Waals surface area contributed by atoms with Crippen LogP contribution in [0, 0.1) is 0 Å². The third kappa shape index (κ3) is 3.86. The van der Waals surface area contributed by atoms with E-state index in [0.717, 1.165) is 21.4 Å². The average molecular weight is 358 g/mol. The normalized spacial score (nSPS) is 12.3. The lowest BCUT2D eigenvalue weighted by molar-refractivity contribution is 0.834. The van der Waals surface area contributed by atoms with Crippen LogP contribution in [-0.4, -0.2) is 5.71 Å². The maximum absolute atomic E-state index is 5.01. The summed E-state index contributed by atoms with van der Waals surface area (Å²) in [5.74, 6) is 0.931. The molecule has 0 amide bonds. The summed E-state index contributed by atoms with van der Waals surface area (Å²) in [6, 6.07) is 14.9. The minimum atomic E-state index is 0.466. The van der Waals surface area contributed by atoms with Crippen LogP contribution < -0.4 is 0 Å². The molecule has 0 aliphatic rings. The minimum absolute atomic E-state index is 0.466. The van der Waals surface area contributed by atoms with Crippen LogP contribution in [0.1, 0.15) is 63.1 Å². The van der Waals surface area contributed by atoms with Crippen molar-refractivity contribution in [2.24, 2.45) is 4.99 Å². The molecule has 2 rings (SSSR count). The molecule has 0 unspecified atom stereocenters.